The van der Waals surface area contributed by atoms with E-state index in [-0.39, 0.29) is 11.9 Å². The lowest BCUT2D eigenvalue weighted by Crippen LogP contribution is -2.39. The molecule has 1 unspecified atom stereocenters. The number of hydrogen-bond donors (Lipinski definition) is 2. The number of rotatable bonds is 5. The first-order valence-corrected chi connectivity index (χ1v) is 6.51. The van der Waals surface area contributed by atoms with Crippen LogP contribution in [-0.2, 0) is 4.79 Å². The predicted molar refractivity (Wildman–Crippen MR) is 76.8 cm³/mol. The van der Waals surface area contributed by atoms with Crippen LogP contribution in [0.3, 0.4) is 0 Å². The molecule has 0 aliphatic heterocycles. The minimum Gasteiger partial charge on any atom is -0.374 e. The summed E-state index contributed by atoms with van der Waals surface area (Å²) in [7, 11) is 0. The van der Waals surface area contributed by atoms with Gasteiger partial charge in [0, 0.05) is 12.2 Å². The number of carbonyl (C=O) groups excluding carboxylic acids is 1. The molecular formula is C15H24N2O. The highest BCUT2D eigenvalue weighted by molar-refractivity contribution is 5.84. The van der Waals surface area contributed by atoms with Crippen molar-refractivity contribution in [3.05, 3.63) is 29.3 Å². The van der Waals surface area contributed by atoms with Gasteiger partial charge in [-0.2, -0.15) is 0 Å². The van der Waals surface area contributed by atoms with Crippen molar-refractivity contribution in [1.82, 2.24) is 5.32 Å². The lowest BCUT2D eigenvalue weighted by Gasteiger charge is -2.18. The van der Waals surface area contributed by atoms with E-state index in [0.717, 1.165) is 12.2 Å². The van der Waals surface area contributed by atoms with Gasteiger partial charge in [-0.05, 0) is 38.3 Å². The number of carbonyl (C=O) groups is 1. The Kier molecular flexibility index (Phi) is 5.20. The van der Waals surface area contributed by atoms with Gasteiger partial charge in [0.1, 0.15) is 6.04 Å². The second-order valence-electron chi connectivity index (χ2n) is 5.32. The Hall–Kier alpha value is -1.51. The molecule has 0 aromatic heterocycles. The molecule has 0 aliphatic carbocycles. The van der Waals surface area contributed by atoms with E-state index in [9.17, 15) is 4.79 Å². The number of aryl methyl sites for hydroxylation is 2. The molecule has 0 saturated heterocycles. The summed E-state index contributed by atoms with van der Waals surface area (Å²) >= 11 is 0. The highest BCUT2D eigenvalue weighted by Gasteiger charge is 2.13. The molecule has 1 aromatic carbocycles. The van der Waals surface area contributed by atoms with Crippen molar-refractivity contribution in [2.45, 2.75) is 40.7 Å². The van der Waals surface area contributed by atoms with E-state index in [1.54, 1.807) is 0 Å². The normalized spacial score (nSPS) is 12.3. The van der Waals surface area contributed by atoms with Crippen LogP contribution in [0.25, 0.3) is 0 Å². The Morgan fingerprint density at radius 1 is 1.22 bits per heavy atom. The molecule has 3 nitrogen and oxygen atoms in total. The maximum atomic E-state index is 11.9. The zero-order chi connectivity index (χ0) is 13.7. The number of anilines is 1. The molecule has 0 saturated carbocycles. The fourth-order valence-electron chi connectivity index (χ4n) is 1.73. The third-order valence-corrected chi connectivity index (χ3v) is 2.83. The molecule has 3 heteroatoms. The average Bonchev–Trinajstić information content (AvgIpc) is 2.29. The van der Waals surface area contributed by atoms with Crippen LogP contribution in [0.2, 0.25) is 0 Å². The zero-order valence-electron chi connectivity index (χ0n) is 12.0. The van der Waals surface area contributed by atoms with Crippen LogP contribution in [0, 0.1) is 19.8 Å². The van der Waals surface area contributed by atoms with E-state index in [1.165, 1.54) is 11.1 Å². The summed E-state index contributed by atoms with van der Waals surface area (Å²) < 4.78 is 0. The molecule has 0 bridgehead atoms. The van der Waals surface area contributed by atoms with Gasteiger partial charge in [0.05, 0.1) is 0 Å². The minimum absolute atomic E-state index is 0.0451. The first kappa shape index (κ1) is 14.6. The molecular weight excluding hydrogens is 224 g/mol. The molecule has 1 aromatic rings. The van der Waals surface area contributed by atoms with Crippen LogP contribution in [-0.4, -0.2) is 18.5 Å². The van der Waals surface area contributed by atoms with Crippen molar-refractivity contribution in [2.75, 3.05) is 11.9 Å². The van der Waals surface area contributed by atoms with E-state index in [0.29, 0.717) is 5.92 Å². The number of nitrogens with one attached hydrogen (secondary N) is 2. The molecule has 0 spiro atoms. The lowest BCUT2D eigenvalue weighted by atomic mass is 10.1. The Balaban J connectivity index is 2.58. The quantitative estimate of drug-likeness (QED) is 0.841. The minimum atomic E-state index is -0.217. The fraction of sp³-hybridized carbons (Fsp3) is 0.533. The molecule has 0 aliphatic rings. The van der Waals surface area contributed by atoms with E-state index in [4.69, 9.17) is 0 Å². The molecule has 2 N–H and O–H groups in total. The third kappa shape index (κ3) is 4.40. The van der Waals surface area contributed by atoms with E-state index < -0.39 is 0 Å². The van der Waals surface area contributed by atoms with Gasteiger partial charge in [0.15, 0.2) is 0 Å². The van der Waals surface area contributed by atoms with Crippen molar-refractivity contribution < 1.29 is 4.79 Å². The standard InChI is InChI=1S/C15H24N2O/c1-10(2)9-16-15(18)13(5)17-14-7-6-11(3)8-12(14)4/h6-8,10,13,17H,9H2,1-5H3,(H,16,18). The summed E-state index contributed by atoms with van der Waals surface area (Å²) in [5.74, 6) is 0.519. The van der Waals surface area contributed by atoms with Crippen LogP contribution in [0.5, 0.6) is 0 Å². The fourth-order valence-corrected chi connectivity index (χ4v) is 1.73. The Morgan fingerprint density at radius 2 is 1.89 bits per heavy atom. The van der Waals surface area contributed by atoms with Crippen molar-refractivity contribution in [3.8, 4) is 0 Å². The first-order chi connectivity index (χ1) is 8.40. The lowest BCUT2D eigenvalue weighted by molar-refractivity contribution is -0.121. The van der Waals surface area contributed by atoms with Gasteiger partial charge in [0.2, 0.25) is 5.91 Å². The summed E-state index contributed by atoms with van der Waals surface area (Å²) in [4.78, 5) is 11.9. The molecule has 0 radical (unpaired) electrons. The number of hydrogen-bond acceptors (Lipinski definition) is 2. The van der Waals surface area contributed by atoms with E-state index in [2.05, 4.69) is 37.5 Å². The molecule has 0 heterocycles. The number of amides is 1. The second kappa shape index (κ2) is 6.43. The molecule has 18 heavy (non-hydrogen) atoms. The Bertz CT molecular complexity index is 413. The van der Waals surface area contributed by atoms with Crippen LogP contribution in [0.15, 0.2) is 18.2 Å². The van der Waals surface area contributed by atoms with Gasteiger partial charge >= 0.3 is 0 Å². The van der Waals surface area contributed by atoms with Crippen molar-refractivity contribution in [3.63, 3.8) is 0 Å². The van der Waals surface area contributed by atoms with Gasteiger partial charge in [-0.15, -0.1) is 0 Å². The monoisotopic (exact) mass is 248 g/mol. The molecule has 1 rings (SSSR count). The van der Waals surface area contributed by atoms with Crippen molar-refractivity contribution >= 4 is 11.6 Å². The largest absolute Gasteiger partial charge is 0.374 e. The highest BCUT2D eigenvalue weighted by Crippen LogP contribution is 2.16. The van der Waals surface area contributed by atoms with Crippen LogP contribution in [0.1, 0.15) is 31.9 Å². The summed E-state index contributed by atoms with van der Waals surface area (Å²) in [6.45, 7) is 10.9. The van der Waals surface area contributed by atoms with Crippen molar-refractivity contribution in [1.29, 1.82) is 0 Å². The van der Waals surface area contributed by atoms with Gasteiger partial charge in [0.25, 0.3) is 0 Å². The maximum absolute atomic E-state index is 11.9. The summed E-state index contributed by atoms with van der Waals surface area (Å²) in [5.41, 5.74) is 3.42. The summed E-state index contributed by atoms with van der Waals surface area (Å²) in [6.07, 6.45) is 0. The molecule has 100 valence electrons. The Morgan fingerprint density at radius 3 is 2.44 bits per heavy atom. The molecule has 1 atom stereocenters. The topological polar surface area (TPSA) is 41.1 Å². The van der Waals surface area contributed by atoms with Crippen molar-refractivity contribution in [2.24, 2.45) is 5.92 Å². The van der Waals surface area contributed by atoms with Gasteiger partial charge in [-0.1, -0.05) is 31.5 Å². The van der Waals surface area contributed by atoms with Crippen LogP contribution >= 0.6 is 0 Å². The smallest absolute Gasteiger partial charge is 0.242 e. The maximum Gasteiger partial charge on any atom is 0.242 e. The SMILES string of the molecule is Cc1ccc(NC(C)C(=O)NCC(C)C)c(C)c1. The molecule has 1 amide bonds. The first-order valence-electron chi connectivity index (χ1n) is 6.51. The summed E-state index contributed by atoms with van der Waals surface area (Å²) in [5, 5.41) is 6.18. The Labute approximate surface area is 110 Å². The van der Waals surface area contributed by atoms with Gasteiger partial charge < -0.3 is 10.6 Å². The summed E-state index contributed by atoms with van der Waals surface area (Å²) in [6, 6.07) is 5.97. The van der Waals surface area contributed by atoms with Crippen LogP contribution < -0.4 is 10.6 Å². The second-order valence-corrected chi connectivity index (χ2v) is 5.32. The predicted octanol–water partition coefficient (Wildman–Crippen LogP) is 2.88. The highest BCUT2D eigenvalue weighted by atomic mass is 16.2. The van der Waals surface area contributed by atoms with Gasteiger partial charge in [-0.3, -0.25) is 4.79 Å². The molecule has 0 fully saturated rings. The van der Waals surface area contributed by atoms with E-state index >= 15 is 0 Å². The third-order valence-electron chi connectivity index (χ3n) is 2.83. The van der Waals surface area contributed by atoms with Crippen LogP contribution in [0.4, 0.5) is 5.69 Å². The zero-order valence-corrected chi connectivity index (χ0v) is 12.0. The van der Waals surface area contributed by atoms with E-state index in [1.807, 2.05) is 26.0 Å². The van der Waals surface area contributed by atoms with Gasteiger partial charge in [-0.25, -0.2) is 0 Å². The number of benzene rings is 1. The average molecular weight is 248 g/mol.